The molecule has 2 rings (SSSR count). The summed E-state index contributed by atoms with van der Waals surface area (Å²) in [5.41, 5.74) is 1.96. The Labute approximate surface area is 184 Å². The van der Waals surface area contributed by atoms with E-state index in [-0.39, 0.29) is 6.42 Å². The van der Waals surface area contributed by atoms with E-state index in [2.05, 4.69) is 10.6 Å². The van der Waals surface area contributed by atoms with E-state index in [1.807, 2.05) is 13.0 Å². The number of alkyl halides is 1. The van der Waals surface area contributed by atoms with E-state index in [1.54, 1.807) is 42.5 Å². The van der Waals surface area contributed by atoms with Crippen molar-refractivity contribution < 1.29 is 33.4 Å². The zero-order chi connectivity index (χ0) is 23.7. The quantitative estimate of drug-likeness (QED) is 0.487. The number of halogens is 1. The summed E-state index contributed by atoms with van der Waals surface area (Å²) in [4.78, 5) is 48.4. The number of carboxylic acids is 1. The van der Waals surface area contributed by atoms with Gasteiger partial charge in [-0.1, -0.05) is 48.0 Å². The first-order valence-electron chi connectivity index (χ1n) is 9.83. The maximum absolute atomic E-state index is 12.9. The predicted molar refractivity (Wildman–Crippen MR) is 114 cm³/mol. The Morgan fingerprint density at radius 3 is 2.34 bits per heavy atom. The van der Waals surface area contributed by atoms with Crippen LogP contribution in [0.3, 0.4) is 0 Å². The smallest absolute Gasteiger partial charge is 0.305 e. The Balaban J connectivity index is 2.25. The number of hydrogen-bond acceptors (Lipinski definition) is 5. The third kappa shape index (κ3) is 6.90. The normalized spacial score (nSPS) is 12.3. The van der Waals surface area contributed by atoms with E-state index in [0.29, 0.717) is 16.9 Å². The maximum Gasteiger partial charge on any atom is 0.305 e. The van der Waals surface area contributed by atoms with Gasteiger partial charge < -0.3 is 20.5 Å². The standard InChI is InChI=1S/C23H25FN2O6/c1-14-8-9-19(32-2)16(10-14)11-20(28)26-22(15-6-4-3-5-7-15)23(31)25-17(12-21(29)30)18(27)13-24/h3-10,17,22H,11-13H2,1-2H3,(H,25,31)(H,26,28)(H,29,30)/t17?,22-/m0/s1. The summed E-state index contributed by atoms with van der Waals surface area (Å²) in [7, 11) is 1.48. The largest absolute Gasteiger partial charge is 0.496 e. The van der Waals surface area contributed by atoms with Crippen LogP contribution in [0, 0.1) is 6.92 Å². The first-order chi connectivity index (χ1) is 15.2. The van der Waals surface area contributed by atoms with Crippen molar-refractivity contribution in [2.75, 3.05) is 13.8 Å². The summed E-state index contributed by atoms with van der Waals surface area (Å²) < 4.78 is 18.1. The van der Waals surface area contributed by atoms with Crippen molar-refractivity contribution in [1.82, 2.24) is 10.6 Å². The molecule has 32 heavy (non-hydrogen) atoms. The zero-order valence-corrected chi connectivity index (χ0v) is 17.8. The second-order valence-electron chi connectivity index (χ2n) is 7.16. The number of nitrogens with one attached hydrogen (secondary N) is 2. The highest BCUT2D eigenvalue weighted by Crippen LogP contribution is 2.21. The lowest BCUT2D eigenvalue weighted by atomic mass is 10.0. The molecular weight excluding hydrogens is 419 g/mol. The van der Waals surface area contributed by atoms with Crippen LogP contribution in [0.4, 0.5) is 4.39 Å². The molecule has 1 unspecified atom stereocenters. The Morgan fingerprint density at radius 1 is 1.06 bits per heavy atom. The number of benzene rings is 2. The molecule has 0 aliphatic rings. The van der Waals surface area contributed by atoms with Crippen molar-refractivity contribution in [3.05, 3.63) is 65.2 Å². The van der Waals surface area contributed by atoms with Crippen LogP contribution in [-0.2, 0) is 25.6 Å². The van der Waals surface area contributed by atoms with Crippen molar-refractivity contribution in [3.8, 4) is 5.75 Å². The molecule has 170 valence electrons. The summed E-state index contributed by atoms with van der Waals surface area (Å²) >= 11 is 0. The Kier molecular flexibility index (Phi) is 8.88. The average Bonchev–Trinajstić information content (AvgIpc) is 2.76. The Morgan fingerprint density at radius 2 is 1.75 bits per heavy atom. The van der Waals surface area contributed by atoms with Crippen LogP contribution in [0.2, 0.25) is 0 Å². The van der Waals surface area contributed by atoms with E-state index < -0.39 is 48.7 Å². The van der Waals surface area contributed by atoms with Gasteiger partial charge in [0.2, 0.25) is 11.8 Å². The van der Waals surface area contributed by atoms with Crippen molar-refractivity contribution in [3.63, 3.8) is 0 Å². The van der Waals surface area contributed by atoms with Crippen molar-refractivity contribution in [2.24, 2.45) is 0 Å². The molecule has 0 fully saturated rings. The van der Waals surface area contributed by atoms with Gasteiger partial charge in [-0.25, -0.2) is 4.39 Å². The highest BCUT2D eigenvalue weighted by Gasteiger charge is 2.29. The van der Waals surface area contributed by atoms with E-state index in [1.165, 1.54) is 7.11 Å². The third-order valence-corrected chi connectivity index (χ3v) is 4.70. The highest BCUT2D eigenvalue weighted by molar-refractivity contribution is 5.95. The number of methoxy groups -OCH3 is 1. The molecule has 2 atom stereocenters. The summed E-state index contributed by atoms with van der Waals surface area (Å²) in [6.07, 6.45) is -0.853. The fourth-order valence-corrected chi connectivity index (χ4v) is 3.14. The number of ether oxygens (including phenoxy) is 1. The number of aliphatic carboxylic acids is 1. The molecule has 0 bridgehead atoms. The molecule has 2 aromatic rings. The molecule has 0 radical (unpaired) electrons. The lowest BCUT2D eigenvalue weighted by Crippen LogP contribution is -2.48. The molecule has 2 amide bonds. The second kappa shape index (κ2) is 11.6. The van der Waals surface area contributed by atoms with Gasteiger partial charge in [0, 0.05) is 5.56 Å². The lowest BCUT2D eigenvalue weighted by Gasteiger charge is -2.22. The van der Waals surface area contributed by atoms with Crippen LogP contribution in [0.25, 0.3) is 0 Å². The minimum absolute atomic E-state index is 0.0799. The molecule has 3 N–H and O–H groups in total. The minimum atomic E-state index is -1.55. The number of carbonyl (C=O) groups excluding carboxylic acids is 3. The van der Waals surface area contributed by atoms with Crippen LogP contribution >= 0.6 is 0 Å². The number of carbonyl (C=O) groups is 4. The topological polar surface area (TPSA) is 122 Å². The first-order valence-corrected chi connectivity index (χ1v) is 9.83. The van der Waals surface area contributed by atoms with Crippen LogP contribution in [0.15, 0.2) is 48.5 Å². The van der Waals surface area contributed by atoms with Gasteiger partial charge in [0.15, 0.2) is 5.78 Å². The van der Waals surface area contributed by atoms with Crippen molar-refractivity contribution >= 4 is 23.6 Å². The van der Waals surface area contributed by atoms with Gasteiger partial charge in [-0.2, -0.15) is 0 Å². The molecule has 0 spiro atoms. The second-order valence-corrected chi connectivity index (χ2v) is 7.16. The van der Waals surface area contributed by atoms with E-state index in [0.717, 1.165) is 5.56 Å². The summed E-state index contributed by atoms with van der Waals surface area (Å²) in [5, 5.41) is 13.8. The van der Waals surface area contributed by atoms with Crippen LogP contribution < -0.4 is 15.4 Å². The Hall–Kier alpha value is -3.75. The molecule has 0 aromatic heterocycles. The fraction of sp³-hybridized carbons (Fsp3) is 0.304. The van der Waals surface area contributed by atoms with Crippen LogP contribution in [0.5, 0.6) is 5.75 Å². The average molecular weight is 444 g/mol. The van der Waals surface area contributed by atoms with Crippen LogP contribution in [-0.4, -0.2) is 48.5 Å². The number of hydrogen-bond donors (Lipinski definition) is 3. The van der Waals surface area contributed by atoms with Gasteiger partial charge in [-0.15, -0.1) is 0 Å². The van der Waals surface area contributed by atoms with Gasteiger partial charge in [0.1, 0.15) is 24.5 Å². The summed E-state index contributed by atoms with van der Waals surface area (Å²) in [6, 6.07) is 10.8. The molecule has 9 heteroatoms. The number of Topliss-reactive ketones (excluding diaryl/α,β-unsaturated/α-hetero) is 1. The first kappa shape index (κ1) is 24.5. The third-order valence-electron chi connectivity index (χ3n) is 4.70. The lowest BCUT2D eigenvalue weighted by molar-refractivity contribution is -0.140. The van der Waals surface area contributed by atoms with Crippen LogP contribution in [0.1, 0.15) is 29.2 Å². The van der Waals surface area contributed by atoms with Gasteiger partial charge in [0.05, 0.1) is 20.0 Å². The molecular formula is C23H25FN2O6. The molecule has 0 saturated heterocycles. The zero-order valence-electron chi connectivity index (χ0n) is 17.8. The molecule has 8 nitrogen and oxygen atoms in total. The number of amides is 2. The SMILES string of the molecule is COc1ccc(C)cc1CC(=O)N[C@H](C(=O)NC(CC(=O)O)C(=O)CF)c1ccccc1. The molecule has 0 saturated carbocycles. The molecule has 2 aromatic carbocycles. The summed E-state index contributed by atoms with van der Waals surface area (Å²) in [5.74, 6) is -3.24. The monoisotopic (exact) mass is 444 g/mol. The number of rotatable bonds is 11. The Bertz CT molecular complexity index is 980. The maximum atomic E-state index is 12.9. The number of aryl methyl sites for hydroxylation is 1. The van der Waals surface area contributed by atoms with E-state index >= 15 is 0 Å². The van der Waals surface area contributed by atoms with Gasteiger partial charge in [-0.3, -0.25) is 19.2 Å². The minimum Gasteiger partial charge on any atom is -0.496 e. The highest BCUT2D eigenvalue weighted by atomic mass is 19.1. The number of carboxylic acid groups (broad SMARTS) is 1. The summed E-state index contributed by atoms with van der Waals surface area (Å²) in [6.45, 7) is 0.444. The van der Waals surface area contributed by atoms with Gasteiger partial charge >= 0.3 is 5.97 Å². The molecule has 0 heterocycles. The predicted octanol–water partition coefficient (Wildman–Crippen LogP) is 1.90. The number of ketones is 1. The van der Waals surface area contributed by atoms with Gasteiger partial charge in [-0.05, 0) is 18.6 Å². The van der Waals surface area contributed by atoms with Crippen molar-refractivity contribution in [1.29, 1.82) is 0 Å². The molecule has 0 aliphatic heterocycles. The van der Waals surface area contributed by atoms with E-state index in [9.17, 15) is 23.6 Å². The van der Waals surface area contributed by atoms with Crippen molar-refractivity contribution in [2.45, 2.75) is 31.8 Å². The fourth-order valence-electron chi connectivity index (χ4n) is 3.14. The van der Waals surface area contributed by atoms with E-state index in [4.69, 9.17) is 9.84 Å². The molecule has 0 aliphatic carbocycles. The van der Waals surface area contributed by atoms with Gasteiger partial charge in [0.25, 0.3) is 0 Å².